The van der Waals surface area contributed by atoms with Crippen LogP contribution in [0.5, 0.6) is 0 Å². The van der Waals surface area contributed by atoms with Crippen molar-refractivity contribution in [2.45, 2.75) is 89.9 Å². The summed E-state index contributed by atoms with van der Waals surface area (Å²) in [4.78, 5) is 25.8. The van der Waals surface area contributed by atoms with Crippen LogP contribution in [-0.4, -0.2) is 37.8 Å². The third-order valence-electron chi connectivity index (χ3n) is 7.44. The van der Waals surface area contributed by atoms with Crippen LogP contribution in [0.3, 0.4) is 0 Å². The molecule has 31 heavy (non-hydrogen) atoms. The standard InChI is InChI=1S/C26H34N4O/c1-19-15-20(11-12-21(19)16-29-14-13-24-25(17-29)28-18-27-24)26(31)30(23-9-5-6-10-23)22-7-3-2-4-8-22/h11-15,18,22-23H,2-10,16-17H2,1H3,(H,27,28). The number of fused-ring (bicyclic) bond motifs is 1. The number of hydrogen-bond donors (Lipinski definition) is 1. The monoisotopic (exact) mass is 418 g/mol. The van der Waals surface area contributed by atoms with Crippen molar-refractivity contribution in [2.24, 2.45) is 0 Å². The van der Waals surface area contributed by atoms with Crippen molar-refractivity contribution in [1.29, 1.82) is 0 Å². The number of amides is 1. The average Bonchev–Trinajstić information content (AvgIpc) is 3.48. The predicted molar refractivity (Wildman–Crippen MR) is 123 cm³/mol. The SMILES string of the molecule is Cc1cc(C(=O)N(C2CCCCC2)C2CCCC2)ccc1CN1C=Cc2nc[nH]c2C1. The molecule has 2 aromatic rings. The largest absolute Gasteiger partial charge is 0.367 e. The number of nitrogens with one attached hydrogen (secondary N) is 1. The molecule has 0 radical (unpaired) electrons. The second kappa shape index (κ2) is 8.89. The number of carbonyl (C=O) groups is 1. The third-order valence-corrected chi connectivity index (χ3v) is 7.44. The molecule has 1 N–H and O–H groups in total. The number of aromatic amines is 1. The van der Waals surface area contributed by atoms with Gasteiger partial charge in [-0.1, -0.05) is 38.2 Å². The van der Waals surface area contributed by atoms with Crippen LogP contribution < -0.4 is 0 Å². The number of imidazole rings is 1. The van der Waals surface area contributed by atoms with Crippen LogP contribution in [0.2, 0.25) is 0 Å². The van der Waals surface area contributed by atoms with E-state index in [1.54, 1.807) is 6.33 Å². The van der Waals surface area contributed by atoms with Crippen LogP contribution >= 0.6 is 0 Å². The van der Waals surface area contributed by atoms with Gasteiger partial charge in [-0.05, 0) is 61.9 Å². The van der Waals surface area contributed by atoms with Gasteiger partial charge >= 0.3 is 0 Å². The van der Waals surface area contributed by atoms with Gasteiger partial charge < -0.3 is 14.8 Å². The van der Waals surface area contributed by atoms with Gasteiger partial charge in [0.05, 0.1) is 24.3 Å². The van der Waals surface area contributed by atoms with Gasteiger partial charge in [-0.25, -0.2) is 4.98 Å². The molecular weight excluding hydrogens is 384 g/mol. The van der Waals surface area contributed by atoms with E-state index >= 15 is 0 Å². The van der Waals surface area contributed by atoms with Crippen molar-refractivity contribution in [3.63, 3.8) is 0 Å². The summed E-state index contributed by atoms with van der Waals surface area (Å²) in [6, 6.07) is 7.22. The lowest BCUT2D eigenvalue weighted by atomic mass is 9.92. The van der Waals surface area contributed by atoms with Crippen molar-refractivity contribution in [1.82, 2.24) is 19.8 Å². The van der Waals surface area contributed by atoms with Gasteiger partial charge in [0.25, 0.3) is 5.91 Å². The van der Waals surface area contributed by atoms with Crippen LogP contribution in [0, 0.1) is 6.92 Å². The molecule has 2 fully saturated rings. The van der Waals surface area contributed by atoms with E-state index in [-0.39, 0.29) is 5.91 Å². The van der Waals surface area contributed by atoms with Crippen molar-refractivity contribution < 1.29 is 4.79 Å². The Kier molecular flexibility index (Phi) is 5.84. The summed E-state index contributed by atoms with van der Waals surface area (Å²) in [5.74, 6) is 0.258. The smallest absolute Gasteiger partial charge is 0.254 e. The molecule has 2 aliphatic carbocycles. The number of aryl methyl sites for hydroxylation is 1. The molecule has 2 heterocycles. The average molecular weight is 419 g/mol. The van der Waals surface area contributed by atoms with E-state index in [0.29, 0.717) is 12.1 Å². The zero-order chi connectivity index (χ0) is 21.2. The molecule has 1 amide bonds. The first-order valence-corrected chi connectivity index (χ1v) is 12.1. The van der Waals surface area contributed by atoms with Crippen LogP contribution in [0.25, 0.3) is 6.08 Å². The van der Waals surface area contributed by atoms with Gasteiger partial charge in [0, 0.05) is 30.4 Å². The van der Waals surface area contributed by atoms with E-state index < -0.39 is 0 Å². The Bertz CT molecular complexity index is 950. The molecule has 1 aliphatic heterocycles. The molecule has 0 spiro atoms. The molecule has 0 bridgehead atoms. The van der Waals surface area contributed by atoms with E-state index in [0.717, 1.165) is 30.0 Å². The highest BCUT2D eigenvalue weighted by molar-refractivity contribution is 5.95. The first-order chi connectivity index (χ1) is 15.2. The summed E-state index contributed by atoms with van der Waals surface area (Å²) in [6.45, 7) is 3.81. The maximum absolute atomic E-state index is 13.7. The summed E-state index contributed by atoms with van der Waals surface area (Å²) in [5, 5.41) is 0. The molecule has 164 valence electrons. The Morgan fingerprint density at radius 1 is 1.10 bits per heavy atom. The van der Waals surface area contributed by atoms with Crippen molar-refractivity contribution >= 4 is 12.0 Å². The van der Waals surface area contributed by atoms with Crippen molar-refractivity contribution in [3.05, 3.63) is 58.8 Å². The molecule has 1 aromatic heterocycles. The zero-order valence-corrected chi connectivity index (χ0v) is 18.6. The lowest BCUT2D eigenvalue weighted by Gasteiger charge is -2.39. The van der Waals surface area contributed by atoms with Gasteiger partial charge in [0.1, 0.15) is 0 Å². The minimum Gasteiger partial charge on any atom is -0.367 e. The molecule has 3 aliphatic rings. The minimum atomic E-state index is 0.258. The Hall–Kier alpha value is -2.56. The van der Waals surface area contributed by atoms with Gasteiger partial charge in [-0.2, -0.15) is 0 Å². The Morgan fingerprint density at radius 3 is 2.52 bits per heavy atom. The molecule has 0 atom stereocenters. The summed E-state index contributed by atoms with van der Waals surface area (Å²) in [6.07, 6.45) is 17.0. The Morgan fingerprint density at radius 2 is 1.81 bits per heavy atom. The molecule has 5 rings (SSSR count). The van der Waals surface area contributed by atoms with Gasteiger partial charge in [-0.15, -0.1) is 0 Å². The van der Waals surface area contributed by atoms with E-state index in [1.165, 1.54) is 68.9 Å². The second-order valence-corrected chi connectivity index (χ2v) is 9.57. The number of aromatic nitrogens is 2. The lowest BCUT2D eigenvalue weighted by molar-refractivity contribution is 0.0518. The Labute approximate surface area is 185 Å². The molecule has 1 aromatic carbocycles. The number of hydrogen-bond acceptors (Lipinski definition) is 3. The third kappa shape index (κ3) is 4.28. The van der Waals surface area contributed by atoms with Gasteiger partial charge in [0.15, 0.2) is 0 Å². The summed E-state index contributed by atoms with van der Waals surface area (Å²) in [7, 11) is 0. The lowest BCUT2D eigenvalue weighted by Crippen LogP contribution is -2.47. The van der Waals surface area contributed by atoms with Crippen LogP contribution in [0.15, 0.2) is 30.7 Å². The van der Waals surface area contributed by atoms with Crippen LogP contribution in [-0.2, 0) is 13.1 Å². The zero-order valence-electron chi connectivity index (χ0n) is 18.6. The number of H-pyrrole nitrogens is 1. The predicted octanol–water partition coefficient (Wildman–Crippen LogP) is 5.42. The maximum atomic E-state index is 13.7. The Balaban J connectivity index is 1.32. The van der Waals surface area contributed by atoms with E-state index in [4.69, 9.17) is 0 Å². The van der Waals surface area contributed by atoms with Crippen molar-refractivity contribution in [2.75, 3.05) is 0 Å². The fourth-order valence-electron chi connectivity index (χ4n) is 5.69. The second-order valence-electron chi connectivity index (χ2n) is 9.57. The molecule has 0 unspecified atom stereocenters. The van der Waals surface area contributed by atoms with E-state index in [9.17, 15) is 4.79 Å². The minimum absolute atomic E-state index is 0.258. The highest BCUT2D eigenvalue weighted by atomic mass is 16.2. The summed E-state index contributed by atoms with van der Waals surface area (Å²) < 4.78 is 0. The maximum Gasteiger partial charge on any atom is 0.254 e. The van der Waals surface area contributed by atoms with Crippen molar-refractivity contribution in [3.8, 4) is 0 Å². The first kappa shape index (κ1) is 20.3. The summed E-state index contributed by atoms with van der Waals surface area (Å²) >= 11 is 0. The molecule has 5 nitrogen and oxygen atoms in total. The fourth-order valence-corrected chi connectivity index (χ4v) is 5.69. The normalized spacial score (nSPS) is 19.6. The van der Waals surface area contributed by atoms with Gasteiger partial charge in [-0.3, -0.25) is 4.79 Å². The molecule has 5 heteroatoms. The van der Waals surface area contributed by atoms with Crippen LogP contribution in [0.1, 0.15) is 90.7 Å². The quantitative estimate of drug-likeness (QED) is 0.705. The molecule has 2 saturated carbocycles. The highest BCUT2D eigenvalue weighted by Crippen LogP contribution is 2.32. The van der Waals surface area contributed by atoms with Gasteiger partial charge in [0.2, 0.25) is 0 Å². The number of nitrogens with zero attached hydrogens (tertiary/aromatic N) is 3. The number of rotatable bonds is 5. The highest BCUT2D eigenvalue weighted by Gasteiger charge is 2.33. The molecular formula is C26H34N4O. The topological polar surface area (TPSA) is 52.2 Å². The number of benzene rings is 1. The summed E-state index contributed by atoms with van der Waals surface area (Å²) in [5.41, 5.74) is 5.53. The molecule has 0 saturated heterocycles. The first-order valence-electron chi connectivity index (χ1n) is 12.1. The number of carbonyl (C=O) groups excluding carboxylic acids is 1. The van der Waals surface area contributed by atoms with Crippen LogP contribution in [0.4, 0.5) is 0 Å². The van der Waals surface area contributed by atoms with E-state index in [1.807, 2.05) is 0 Å². The van der Waals surface area contributed by atoms with E-state index in [2.05, 4.69) is 57.2 Å². The fraction of sp³-hybridized carbons (Fsp3) is 0.538.